The number of rotatable bonds is 5. The summed E-state index contributed by atoms with van der Waals surface area (Å²) in [5, 5.41) is 10.1. The van der Waals surface area contributed by atoms with Gasteiger partial charge >= 0.3 is 0 Å². The molecule has 0 fully saturated rings. The van der Waals surface area contributed by atoms with Gasteiger partial charge in [0, 0.05) is 29.2 Å². The minimum atomic E-state index is -0.498. The molecule has 0 aliphatic heterocycles. The van der Waals surface area contributed by atoms with Crippen LogP contribution >= 0.6 is 0 Å². The lowest BCUT2D eigenvalue weighted by molar-refractivity contribution is 0.620. The Morgan fingerprint density at radius 1 is 1.30 bits per heavy atom. The maximum Gasteiger partial charge on any atom is 0.141 e. The fraction of sp³-hybridized carbons (Fsp3) is 0.130. The number of fused-ring (bicyclic) bond motifs is 1. The van der Waals surface area contributed by atoms with Crippen LogP contribution in [0.2, 0.25) is 0 Å². The molecule has 0 amide bonds. The molecule has 0 saturated heterocycles. The van der Waals surface area contributed by atoms with Crippen molar-refractivity contribution in [1.29, 1.82) is 5.26 Å². The van der Waals surface area contributed by atoms with E-state index in [0.717, 1.165) is 33.3 Å². The lowest BCUT2D eigenvalue weighted by Crippen LogP contribution is -2.05. The Kier molecular flexibility index (Phi) is 5.33. The molecule has 0 radical (unpaired) electrons. The molecule has 3 aromatic rings. The number of aliphatic imine (C=N–C) groups is 1. The van der Waals surface area contributed by atoms with Gasteiger partial charge in [-0.3, -0.25) is 4.99 Å². The molecular weight excluding hydrogens is 337 g/mol. The molecule has 0 spiro atoms. The molecule has 0 unspecified atom stereocenters. The number of benzene rings is 2. The molecule has 2 aromatic carbocycles. The van der Waals surface area contributed by atoms with Crippen molar-refractivity contribution in [2.75, 3.05) is 0 Å². The number of aryl methyl sites for hydroxylation is 1. The summed E-state index contributed by atoms with van der Waals surface area (Å²) in [5.74, 6) is -0.498. The van der Waals surface area contributed by atoms with E-state index in [4.69, 9.17) is 5.26 Å². The van der Waals surface area contributed by atoms with E-state index in [1.807, 2.05) is 37.3 Å². The molecule has 0 aliphatic rings. The van der Waals surface area contributed by atoms with Crippen molar-refractivity contribution >= 4 is 23.2 Å². The number of hydrogen-bond acceptors (Lipinski definition) is 2. The number of nitriles is 1. The molecule has 3 rings (SSSR count). The highest BCUT2D eigenvalue weighted by atomic mass is 19.1. The second kappa shape index (κ2) is 7.84. The molecule has 4 heteroatoms. The molecule has 0 N–H and O–H groups in total. The van der Waals surface area contributed by atoms with Crippen LogP contribution in [0.5, 0.6) is 0 Å². The fourth-order valence-electron chi connectivity index (χ4n) is 3.40. The van der Waals surface area contributed by atoms with E-state index in [2.05, 4.69) is 35.3 Å². The smallest absolute Gasteiger partial charge is 0.141 e. The molecule has 0 bridgehead atoms. The molecule has 0 atom stereocenters. The maximum atomic E-state index is 14.1. The second-order valence-corrected chi connectivity index (χ2v) is 6.27. The maximum absolute atomic E-state index is 14.1. The van der Waals surface area contributed by atoms with Gasteiger partial charge in [0.05, 0.1) is 11.3 Å². The Hall–Kier alpha value is -3.45. The van der Waals surface area contributed by atoms with E-state index in [9.17, 15) is 4.39 Å². The predicted octanol–water partition coefficient (Wildman–Crippen LogP) is 5.63. The Morgan fingerprint density at radius 3 is 2.74 bits per heavy atom. The van der Waals surface area contributed by atoms with E-state index in [0.29, 0.717) is 6.54 Å². The highest BCUT2D eigenvalue weighted by molar-refractivity contribution is 5.91. The largest absolute Gasteiger partial charge is 0.336 e. The first-order valence-corrected chi connectivity index (χ1v) is 8.66. The molecule has 1 aromatic heterocycles. The molecule has 0 saturated carbocycles. The Morgan fingerprint density at radius 2 is 2.07 bits per heavy atom. The van der Waals surface area contributed by atoms with Crippen LogP contribution in [0.4, 0.5) is 4.39 Å². The third-order valence-electron chi connectivity index (χ3n) is 4.57. The van der Waals surface area contributed by atoms with Gasteiger partial charge in [-0.15, -0.1) is 0 Å². The molecule has 27 heavy (non-hydrogen) atoms. The summed E-state index contributed by atoms with van der Waals surface area (Å²) in [6, 6.07) is 14.7. The standard InChI is InChI=1S/C23H20FN3/c1-4-7-19(14-26-3)23-16(2)20-8-5-6-9-22(20)27(23)15-17-10-11-18(13-25)21(24)12-17/h4-12,14H,3,15H2,1-2H3/b7-4-,19-14+. The van der Waals surface area contributed by atoms with Gasteiger partial charge in [-0.05, 0) is 49.9 Å². The van der Waals surface area contributed by atoms with Gasteiger partial charge in [0.1, 0.15) is 11.9 Å². The van der Waals surface area contributed by atoms with E-state index in [-0.39, 0.29) is 5.56 Å². The van der Waals surface area contributed by atoms with Crippen LogP contribution in [-0.4, -0.2) is 11.3 Å². The summed E-state index contributed by atoms with van der Waals surface area (Å²) < 4.78 is 16.3. The number of hydrogen-bond donors (Lipinski definition) is 0. The van der Waals surface area contributed by atoms with E-state index >= 15 is 0 Å². The third-order valence-corrected chi connectivity index (χ3v) is 4.57. The van der Waals surface area contributed by atoms with E-state index in [1.165, 1.54) is 12.1 Å². The van der Waals surface area contributed by atoms with Crippen LogP contribution in [0.1, 0.15) is 29.3 Å². The zero-order valence-electron chi connectivity index (χ0n) is 15.4. The van der Waals surface area contributed by atoms with Gasteiger partial charge < -0.3 is 4.57 Å². The molecule has 1 heterocycles. The minimum Gasteiger partial charge on any atom is -0.336 e. The van der Waals surface area contributed by atoms with Gasteiger partial charge in [-0.1, -0.05) is 36.4 Å². The topological polar surface area (TPSA) is 41.1 Å². The molecule has 3 nitrogen and oxygen atoms in total. The first-order valence-electron chi connectivity index (χ1n) is 8.66. The van der Waals surface area contributed by atoms with Crippen LogP contribution in [0, 0.1) is 24.1 Å². The second-order valence-electron chi connectivity index (χ2n) is 6.27. The Balaban J connectivity index is 2.23. The zero-order chi connectivity index (χ0) is 19.4. The number of para-hydroxylation sites is 1. The van der Waals surface area contributed by atoms with Crippen molar-refractivity contribution in [3.8, 4) is 6.07 Å². The van der Waals surface area contributed by atoms with Crippen LogP contribution in [0.3, 0.4) is 0 Å². The summed E-state index contributed by atoms with van der Waals surface area (Å²) in [5.41, 5.74) is 5.00. The van der Waals surface area contributed by atoms with Crippen molar-refractivity contribution in [1.82, 2.24) is 4.57 Å². The Labute approximate surface area is 158 Å². The average molecular weight is 357 g/mol. The number of nitrogens with zero attached hydrogens (tertiary/aromatic N) is 3. The highest BCUT2D eigenvalue weighted by Gasteiger charge is 2.17. The lowest BCUT2D eigenvalue weighted by Gasteiger charge is -2.13. The number of aromatic nitrogens is 1. The fourth-order valence-corrected chi connectivity index (χ4v) is 3.40. The van der Waals surface area contributed by atoms with Crippen LogP contribution in [0.25, 0.3) is 16.5 Å². The van der Waals surface area contributed by atoms with Crippen LogP contribution in [-0.2, 0) is 6.54 Å². The van der Waals surface area contributed by atoms with Gasteiger partial charge in [-0.25, -0.2) is 4.39 Å². The predicted molar refractivity (Wildman–Crippen MR) is 109 cm³/mol. The van der Waals surface area contributed by atoms with Crippen molar-refractivity contribution in [2.45, 2.75) is 20.4 Å². The average Bonchev–Trinajstić information content (AvgIpc) is 2.94. The van der Waals surface area contributed by atoms with Crippen LogP contribution in [0.15, 0.2) is 65.8 Å². The zero-order valence-corrected chi connectivity index (χ0v) is 15.4. The van der Waals surface area contributed by atoms with Gasteiger partial charge in [0.2, 0.25) is 0 Å². The normalized spacial score (nSPS) is 11.9. The quantitative estimate of drug-likeness (QED) is 0.431. The van der Waals surface area contributed by atoms with Crippen molar-refractivity contribution < 1.29 is 4.39 Å². The Bertz CT molecular complexity index is 1110. The lowest BCUT2D eigenvalue weighted by atomic mass is 10.1. The summed E-state index contributed by atoms with van der Waals surface area (Å²) in [7, 11) is 0. The number of halogens is 1. The summed E-state index contributed by atoms with van der Waals surface area (Å²) in [4.78, 5) is 3.95. The van der Waals surface area contributed by atoms with Crippen molar-refractivity contribution in [2.24, 2.45) is 4.99 Å². The van der Waals surface area contributed by atoms with Crippen LogP contribution < -0.4 is 0 Å². The summed E-state index contributed by atoms with van der Waals surface area (Å²) in [6.07, 6.45) is 5.68. The van der Waals surface area contributed by atoms with Crippen molar-refractivity contribution in [3.63, 3.8) is 0 Å². The SMILES string of the molecule is C=N/C=C(\C=C/C)c1c(C)c2ccccc2n1Cc1ccc(C#N)c(F)c1. The third kappa shape index (κ3) is 3.45. The minimum absolute atomic E-state index is 0.0536. The van der Waals surface area contributed by atoms with E-state index in [1.54, 1.807) is 12.3 Å². The van der Waals surface area contributed by atoms with Crippen molar-refractivity contribution in [3.05, 3.63) is 89.0 Å². The van der Waals surface area contributed by atoms with E-state index < -0.39 is 5.82 Å². The molecule has 134 valence electrons. The monoisotopic (exact) mass is 357 g/mol. The summed E-state index contributed by atoms with van der Waals surface area (Å²) in [6.45, 7) is 8.10. The molecular formula is C23H20FN3. The summed E-state index contributed by atoms with van der Waals surface area (Å²) >= 11 is 0. The van der Waals surface area contributed by atoms with Gasteiger partial charge in [-0.2, -0.15) is 5.26 Å². The highest BCUT2D eigenvalue weighted by Crippen LogP contribution is 2.32. The van der Waals surface area contributed by atoms with Gasteiger partial charge in [0.15, 0.2) is 0 Å². The number of allylic oxidation sites excluding steroid dienone is 3. The van der Waals surface area contributed by atoms with Gasteiger partial charge in [0.25, 0.3) is 0 Å². The first-order chi connectivity index (χ1) is 13.1. The molecule has 0 aliphatic carbocycles. The first kappa shape index (κ1) is 18.3.